The van der Waals surface area contributed by atoms with Gasteiger partial charge in [0.25, 0.3) is 5.91 Å². The summed E-state index contributed by atoms with van der Waals surface area (Å²) in [6.07, 6.45) is 0. The topological polar surface area (TPSA) is 96.5 Å². The van der Waals surface area contributed by atoms with E-state index >= 15 is 0 Å². The van der Waals surface area contributed by atoms with E-state index in [1.54, 1.807) is 42.5 Å². The highest BCUT2D eigenvalue weighted by Crippen LogP contribution is 2.27. The van der Waals surface area contributed by atoms with Gasteiger partial charge in [0.2, 0.25) is 5.69 Å². The van der Waals surface area contributed by atoms with E-state index in [2.05, 4.69) is 17.0 Å². The second kappa shape index (κ2) is 7.83. The van der Waals surface area contributed by atoms with E-state index < -0.39 is 0 Å². The zero-order valence-corrected chi connectivity index (χ0v) is 17.1. The molecule has 156 valence electrons. The van der Waals surface area contributed by atoms with Gasteiger partial charge >= 0.3 is 0 Å². The van der Waals surface area contributed by atoms with E-state index in [4.69, 9.17) is 0 Å². The van der Waals surface area contributed by atoms with E-state index in [-0.39, 0.29) is 5.91 Å². The van der Waals surface area contributed by atoms with Crippen LogP contribution in [-0.2, 0) is 0 Å². The molecule has 4 aromatic rings. The van der Waals surface area contributed by atoms with Gasteiger partial charge < -0.3 is 20.6 Å². The molecule has 0 bridgehead atoms. The first-order chi connectivity index (χ1) is 14.8. The molecule has 4 rings (SSSR count). The number of imidazole rings is 1. The van der Waals surface area contributed by atoms with Gasteiger partial charge in [-0.15, -0.1) is 0 Å². The van der Waals surface area contributed by atoms with Crippen LogP contribution in [-0.4, -0.2) is 46.4 Å². The summed E-state index contributed by atoms with van der Waals surface area (Å²) in [5.74, 6) is 0.110. The van der Waals surface area contributed by atoms with Crippen molar-refractivity contribution in [3.63, 3.8) is 0 Å². The number of aromatic nitrogens is 2. The fraction of sp³-hybridized carbons (Fsp3) is 0.0870. The fourth-order valence-corrected chi connectivity index (χ4v) is 3.22. The van der Waals surface area contributed by atoms with Crippen molar-refractivity contribution in [2.75, 3.05) is 24.3 Å². The third kappa shape index (κ3) is 3.91. The van der Waals surface area contributed by atoms with Gasteiger partial charge in [-0.2, -0.15) is 9.47 Å². The van der Waals surface area contributed by atoms with Gasteiger partial charge in [0, 0.05) is 48.7 Å². The van der Waals surface area contributed by atoms with Crippen LogP contribution in [0.4, 0.5) is 17.1 Å². The van der Waals surface area contributed by atoms with Crippen LogP contribution in [0.2, 0.25) is 0 Å². The summed E-state index contributed by atoms with van der Waals surface area (Å²) in [6, 6.07) is 19.1. The molecular weight excluding hydrogens is 394 g/mol. The minimum atomic E-state index is -0.214. The number of rotatable bonds is 5. The lowest BCUT2D eigenvalue weighted by Gasteiger charge is -2.13. The summed E-state index contributed by atoms with van der Waals surface area (Å²) in [5.41, 5.74) is 4.02. The lowest BCUT2D eigenvalue weighted by molar-refractivity contribution is -0.349. The number of hydrogen-bond donors (Lipinski definition) is 2. The first kappa shape index (κ1) is 20.0. The molecule has 0 saturated heterocycles. The van der Waals surface area contributed by atoms with Gasteiger partial charge in [0.15, 0.2) is 5.82 Å². The van der Waals surface area contributed by atoms with E-state index in [1.807, 2.05) is 37.2 Å². The maximum atomic E-state index is 12.6. The van der Waals surface area contributed by atoms with Crippen LogP contribution in [0, 0.1) is 5.21 Å². The largest absolute Gasteiger partial charge is 0.619 e. The third-order valence-corrected chi connectivity index (χ3v) is 4.93. The van der Waals surface area contributed by atoms with E-state index in [0.717, 1.165) is 10.4 Å². The molecule has 0 saturated carbocycles. The van der Waals surface area contributed by atoms with Crippen molar-refractivity contribution in [1.29, 1.82) is 0 Å². The molecule has 1 aromatic heterocycles. The normalized spacial score (nSPS) is 10.8. The fourth-order valence-electron chi connectivity index (χ4n) is 3.22. The quantitative estimate of drug-likeness (QED) is 0.168. The van der Waals surface area contributed by atoms with Crippen LogP contribution in [0.5, 0.6) is 0 Å². The molecule has 0 aliphatic carbocycles. The SMILES string of the molecule is C=[N+]([O-])c1ccc2nc(-c3ccc(NC(=O)c4cccc(N(C)C)c4)cc3)n(O)c2c1. The molecule has 0 aliphatic heterocycles. The molecule has 0 fully saturated rings. The van der Waals surface area contributed by atoms with Gasteiger partial charge in [-0.1, -0.05) is 6.07 Å². The summed E-state index contributed by atoms with van der Waals surface area (Å²) >= 11 is 0. The molecule has 1 amide bonds. The highest BCUT2D eigenvalue weighted by atomic mass is 16.5. The Morgan fingerprint density at radius 2 is 1.87 bits per heavy atom. The number of nitrogens with one attached hydrogen (secondary N) is 1. The molecule has 1 heterocycles. The molecule has 2 N–H and O–H groups in total. The lowest BCUT2D eigenvalue weighted by Crippen LogP contribution is -2.14. The summed E-state index contributed by atoms with van der Waals surface area (Å²) in [6.45, 7) is 3.31. The average Bonchev–Trinajstić information content (AvgIpc) is 3.10. The van der Waals surface area contributed by atoms with Gasteiger partial charge in [-0.05, 0) is 48.5 Å². The Morgan fingerprint density at radius 3 is 2.55 bits per heavy atom. The van der Waals surface area contributed by atoms with Crippen molar-refractivity contribution in [3.05, 3.63) is 77.5 Å². The van der Waals surface area contributed by atoms with Crippen LogP contribution >= 0.6 is 0 Å². The molecule has 8 heteroatoms. The van der Waals surface area contributed by atoms with Crippen LogP contribution in [0.3, 0.4) is 0 Å². The van der Waals surface area contributed by atoms with Crippen LogP contribution in [0.15, 0.2) is 66.7 Å². The lowest BCUT2D eigenvalue weighted by atomic mass is 10.1. The van der Waals surface area contributed by atoms with Crippen molar-refractivity contribution in [1.82, 2.24) is 9.71 Å². The number of carbonyl (C=O) groups is 1. The minimum absolute atomic E-state index is 0.214. The number of nitrogens with zero attached hydrogens (tertiary/aromatic N) is 4. The average molecular weight is 415 g/mol. The van der Waals surface area contributed by atoms with Gasteiger partial charge in [0.05, 0.1) is 5.52 Å². The van der Waals surface area contributed by atoms with Crippen molar-refractivity contribution >= 4 is 40.7 Å². The van der Waals surface area contributed by atoms with E-state index in [1.165, 1.54) is 6.07 Å². The maximum absolute atomic E-state index is 12.6. The number of fused-ring (bicyclic) bond motifs is 1. The zero-order valence-electron chi connectivity index (χ0n) is 17.1. The van der Waals surface area contributed by atoms with Gasteiger partial charge in [0.1, 0.15) is 12.2 Å². The first-order valence-corrected chi connectivity index (χ1v) is 9.52. The third-order valence-electron chi connectivity index (χ3n) is 4.93. The Labute approximate surface area is 178 Å². The Balaban J connectivity index is 1.57. The Morgan fingerprint density at radius 1 is 1.13 bits per heavy atom. The van der Waals surface area contributed by atoms with Crippen molar-refractivity contribution in [2.45, 2.75) is 0 Å². The molecule has 0 radical (unpaired) electrons. The molecule has 0 unspecified atom stereocenters. The predicted octanol–water partition coefficient (Wildman–Crippen LogP) is 4.10. The number of amides is 1. The first-order valence-electron chi connectivity index (χ1n) is 9.52. The molecule has 0 spiro atoms. The van der Waals surface area contributed by atoms with E-state index in [0.29, 0.717) is 44.1 Å². The second-order valence-corrected chi connectivity index (χ2v) is 7.27. The Bertz CT molecular complexity index is 1290. The maximum Gasteiger partial charge on any atom is 0.255 e. The highest BCUT2D eigenvalue weighted by Gasteiger charge is 2.15. The van der Waals surface area contributed by atoms with Crippen LogP contribution in [0.1, 0.15) is 10.4 Å². The number of carbonyl (C=O) groups excluding carboxylic acids is 1. The number of anilines is 2. The number of hydrogen-bond acceptors (Lipinski definition) is 5. The zero-order chi connectivity index (χ0) is 22.1. The summed E-state index contributed by atoms with van der Waals surface area (Å²) < 4.78 is 1.40. The van der Waals surface area contributed by atoms with Crippen molar-refractivity contribution in [3.8, 4) is 11.4 Å². The highest BCUT2D eigenvalue weighted by molar-refractivity contribution is 6.04. The van der Waals surface area contributed by atoms with Crippen LogP contribution < -0.4 is 10.2 Å². The molecule has 0 aliphatic rings. The molecule has 0 atom stereocenters. The smallest absolute Gasteiger partial charge is 0.255 e. The summed E-state index contributed by atoms with van der Waals surface area (Å²) in [7, 11) is 3.84. The minimum Gasteiger partial charge on any atom is -0.619 e. The molecule has 3 aromatic carbocycles. The Hall–Kier alpha value is -4.33. The van der Waals surface area contributed by atoms with Crippen LogP contribution in [0.25, 0.3) is 22.4 Å². The summed E-state index contributed by atoms with van der Waals surface area (Å²) in [4.78, 5) is 18.9. The summed E-state index contributed by atoms with van der Waals surface area (Å²) in [5, 5.41) is 24.8. The molecular formula is C23H21N5O3. The Kier molecular flexibility index (Phi) is 5.04. The van der Waals surface area contributed by atoms with E-state index in [9.17, 15) is 15.2 Å². The second-order valence-electron chi connectivity index (χ2n) is 7.27. The molecule has 31 heavy (non-hydrogen) atoms. The van der Waals surface area contributed by atoms with Gasteiger partial charge in [-0.25, -0.2) is 4.98 Å². The predicted molar refractivity (Wildman–Crippen MR) is 121 cm³/mol. The van der Waals surface area contributed by atoms with Crippen molar-refractivity contribution < 1.29 is 14.7 Å². The van der Waals surface area contributed by atoms with Gasteiger partial charge in [-0.3, -0.25) is 4.79 Å². The monoisotopic (exact) mass is 415 g/mol. The molecule has 8 nitrogen and oxygen atoms in total. The number of benzene rings is 3. The standard InChI is InChI=1S/C23H21N5O3/c1-26(2)18-6-4-5-16(13-18)23(29)24-17-9-7-15(8-10-17)22-25-20-12-11-19(27(3)30)14-21(20)28(22)31/h4-14,31H,3H2,1-2H3,(H,24,29). The van der Waals surface area contributed by atoms with Crippen molar-refractivity contribution in [2.24, 2.45) is 0 Å².